The quantitative estimate of drug-likeness (QED) is 0.345. The van der Waals surface area contributed by atoms with Crippen LogP contribution in [0, 0.1) is 5.82 Å². The van der Waals surface area contributed by atoms with Crippen LogP contribution >= 0.6 is 24.0 Å². The van der Waals surface area contributed by atoms with Crippen molar-refractivity contribution in [3.05, 3.63) is 65.5 Å². The summed E-state index contributed by atoms with van der Waals surface area (Å²) in [4.78, 5) is 4.43. The molecule has 3 N–H and O–H groups in total. The lowest BCUT2D eigenvalue weighted by molar-refractivity contribution is 0.182. The molecule has 0 aromatic heterocycles. The number of aliphatic imine (C=N–C) groups is 1. The van der Waals surface area contributed by atoms with Crippen molar-refractivity contribution in [2.45, 2.75) is 25.5 Å². The summed E-state index contributed by atoms with van der Waals surface area (Å²) in [6, 6.07) is 14.2. The van der Waals surface area contributed by atoms with Crippen molar-refractivity contribution >= 4 is 29.9 Å². The monoisotopic (exact) mass is 485 g/mol. The number of halogens is 2. The first-order valence-corrected chi connectivity index (χ1v) is 8.88. The molecular weight excluding hydrogens is 460 g/mol. The Kier molecular flexibility index (Phi) is 8.30. The molecule has 0 bridgehead atoms. The Morgan fingerprint density at radius 3 is 2.78 bits per heavy atom. The van der Waals surface area contributed by atoms with E-state index in [2.05, 4.69) is 15.6 Å². The van der Waals surface area contributed by atoms with Crippen LogP contribution in [0.15, 0.2) is 53.5 Å². The molecule has 2 aromatic rings. The van der Waals surface area contributed by atoms with Crippen molar-refractivity contribution < 1.29 is 14.2 Å². The average Bonchev–Trinajstić information content (AvgIpc) is 2.66. The Hall–Kier alpha value is -1.87. The highest BCUT2D eigenvalue weighted by molar-refractivity contribution is 14.0. The number of aliphatic hydroxyl groups is 1. The van der Waals surface area contributed by atoms with Gasteiger partial charge in [-0.1, -0.05) is 36.4 Å². The minimum atomic E-state index is -0.992. The average molecular weight is 485 g/mol. The van der Waals surface area contributed by atoms with Gasteiger partial charge in [-0.25, -0.2) is 4.39 Å². The predicted molar refractivity (Wildman–Crippen MR) is 115 cm³/mol. The molecule has 0 radical (unpaired) electrons. The van der Waals surface area contributed by atoms with Crippen LogP contribution in [0.3, 0.4) is 0 Å². The van der Waals surface area contributed by atoms with E-state index >= 15 is 0 Å². The van der Waals surface area contributed by atoms with Crippen LogP contribution in [0.1, 0.15) is 36.6 Å². The number of para-hydroxylation sites is 1. The van der Waals surface area contributed by atoms with Gasteiger partial charge >= 0.3 is 0 Å². The van der Waals surface area contributed by atoms with Gasteiger partial charge in [0.1, 0.15) is 17.7 Å². The van der Waals surface area contributed by atoms with Crippen LogP contribution in [0.5, 0.6) is 5.75 Å². The number of ether oxygens (including phenoxy) is 1. The molecule has 1 heterocycles. The summed E-state index contributed by atoms with van der Waals surface area (Å²) in [6.45, 7) is 3.36. The van der Waals surface area contributed by atoms with Gasteiger partial charge in [-0.3, -0.25) is 4.99 Å². The van der Waals surface area contributed by atoms with E-state index in [9.17, 15) is 9.50 Å². The maximum atomic E-state index is 13.8. The minimum absolute atomic E-state index is 0. The lowest BCUT2D eigenvalue weighted by Gasteiger charge is -2.28. The first-order chi connectivity index (χ1) is 12.7. The minimum Gasteiger partial charge on any atom is -0.493 e. The highest BCUT2D eigenvalue weighted by atomic mass is 127. The molecule has 2 atom stereocenters. The smallest absolute Gasteiger partial charge is 0.191 e. The van der Waals surface area contributed by atoms with Crippen molar-refractivity contribution in [3.63, 3.8) is 0 Å². The molecule has 2 aromatic carbocycles. The number of hydrogen-bond acceptors (Lipinski definition) is 3. The second-order valence-corrected chi connectivity index (χ2v) is 6.13. The van der Waals surface area contributed by atoms with Crippen molar-refractivity contribution in [2.24, 2.45) is 4.99 Å². The zero-order valence-electron chi connectivity index (χ0n) is 15.2. The topological polar surface area (TPSA) is 65.9 Å². The number of guanidine groups is 1. The SMILES string of the molecule is CCNC(=NCC(O)c1ccccc1F)NC1CCOc2ccccc21.I. The number of hydrogen-bond donors (Lipinski definition) is 3. The highest BCUT2D eigenvalue weighted by Crippen LogP contribution is 2.31. The first kappa shape index (κ1) is 21.4. The number of nitrogens with one attached hydrogen (secondary N) is 2. The maximum Gasteiger partial charge on any atom is 0.191 e. The molecule has 2 unspecified atom stereocenters. The van der Waals surface area contributed by atoms with E-state index in [0.717, 1.165) is 17.7 Å². The molecule has 3 rings (SSSR count). The third kappa shape index (κ3) is 5.55. The van der Waals surface area contributed by atoms with Crippen LogP contribution in [-0.2, 0) is 0 Å². The van der Waals surface area contributed by atoms with E-state index in [1.165, 1.54) is 6.07 Å². The van der Waals surface area contributed by atoms with Gasteiger partial charge in [0.2, 0.25) is 0 Å². The van der Waals surface area contributed by atoms with E-state index in [0.29, 0.717) is 19.1 Å². The Labute approximate surface area is 176 Å². The molecule has 1 aliphatic heterocycles. The van der Waals surface area contributed by atoms with Gasteiger partial charge in [-0.15, -0.1) is 24.0 Å². The van der Waals surface area contributed by atoms with Gasteiger partial charge in [0.25, 0.3) is 0 Å². The van der Waals surface area contributed by atoms with Crippen molar-refractivity contribution in [3.8, 4) is 5.75 Å². The first-order valence-electron chi connectivity index (χ1n) is 8.88. The number of fused-ring (bicyclic) bond motifs is 1. The summed E-state index contributed by atoms with van der Waals surface area (Å²) < 4.78 is 19.5. The summed E-state index contributed by atoms with van der Waals surface area (Å²) in [7, 11) is 0. The van der Waals surface area contributed by atoms with Gasteiger partial charge in [0.05, 0.1) is 19.2 Å². The van der Waals surface area contributed by atoms with Crippen LogP contribution in [0.4, 0.5) is 4.39 Å². The summed E-state index contributed by atoms with van der Waals surface area (Å²) in [5.41, 5.74) is 1.34. The number of rotatable bonds is 5. The largest absolute Gasteiger partial charge is 0.493 e. The van der Waals surface area contributed by atoms with Gasteiger partial charge in [-0.2, -0.15) is 0 Å². The molecular formula is C20H25FIN3O2. The summed E-state index contributed by atoms with van der Waals surface area (Å²) in [6.07, 6.45) is -0.175. The van der Waals surface area contributed by atoms with E-state index in [4.69, 9.17) is 4.74 Å². The lowest BCUT2D eigenvalue weighted by atomic mass is 10.0. The maximum absolute atomic E-state index is 13.8. The molecule has 0 aliphatic carbocycles. The fourth-order valence-electron chi connectivity index (χ4n) is 3.00. The Balaban J connectivity index is 0.00000261. The zero-order valence-corrected chi connectivity index (χ0v) is 17.5. The van der Waals surface area contributed by atoms with E-state index in [-0.39, 0.29) is 42.1 Å². The summed E-state index contributed by atoms with van der Waals surface area (Å²) in [5.74, 6) is 1.04. The molecule has 27 heavy (non-hydrogen) atoms. The molecule has 1 aliphatic rings. The van der Waals surface area contributed by atoms with Gasteiger partial charge in [0.15, 0.2) is 5.96 Å². The van der Waals surface area contributed by atoms with E-state index in [1.54, 1.807) is 18.2 Å². The Morgan fingerprint density at radius 2 is 2.00 bits per heavy atom. The number of aliphatic hydroxyl groups excluding tert-OH is 1. The molecule has 0 saturated heterocycles. The van der Waals surface area contributed by atoms with Crippen LogP contribution in [0.2, 0.25) is 0 Å². The van der Waals surface area contributed by atoms with Gasteiger partial charge < -0.3 is 20.5 Å². The van der Waals surface area contributed by atoms with E-state index < -0.39 is 11.9 Å². The second-order valence-electron chi connectivity index (χ2n) is 6.13. The standard InChI is InChI=1S/C20H24FN3O2.HI/c1-2-22-20(23-13-18(25)14-7-3-5-9-16(14)21)24-17-11-12-26-19-10-6-4-8-15(17)19;/h3-10,17-18,25H,2,11-13H2,1H3,(H2,22,23,24);1H. The van der Waals surface area contributed by atoms with Gasteiger partial charge in [0, 0.05) is 24.1 Å². The van der Waals surface area contributed by atoms with Crippen molar-refractivity contribution in [1.29, 1.82) is 0 Å². The third-order valence-electron chi connectivity index (χ3n) is 4.30. The fraction of sp³-hybridized carbons (Fsp3) is 0.350. The Morgan fingerprint density at radius 1 is 1.26 bits per heavy atom. The molecule has 0 amide bonds. The number of nitrogens with zero attached hydrogens (tertiary/aromatic N) is 1. The van der Waals surface area contributed by atoms with Crippen molar-refractivity contribution in [2.75, 3.05) is 19.7 Å². The van der Waals surface area contributed by atoms with Crippen LogP contribution in [-0.4, -0.2) is 30.8 Å². The molecule has 146 valence electrons. The number of benzene rings is 2. The van der Waals surface area contributed by atoms with Crippen LogP contribution < -0.4 is 15.4 Å². The normalized spacial score (nSPS) is 17.1. The highest BCUT2D eigenvalue weighted by Gasteiger charge is 2.22. The van der Waals surface area contributed by atoms with Crippen molar-refractivity contribution in [1.82, 2.24) is 10.6 Å². The van der Waals surface area contributed by atoms with E-state index in [1.807, 2.05) is 31.2 Å². The van der Waals surface area contributed by atoms with Gasteiger partial charge in [-0.05, 0) is 19.1 Å². The van der Waals surface area contributed by atoms with Crippen LogP contribution in [0.25, 0.3) is 0 Å². The summed E-state index contributed by atoms with van der Waals surface area (Å²) >= 11 is 0. The lowest BCUT2D eigenvalue weighted by Crippen LogP contribution is -2.41. The second kappa shape index (κ2) is 10.5. The molecule has 7 heteroatoms. The summed E-state index contributed by atoms with van der Waals surface area (Å²) in [5, 5.41) is 16.8. The molecule has 0 fully saturated rings. The zero-order chi connectivity index (χ0) is 18.4. The molecule has 0 saturated carbocycles. The third-order valence-corrected chi connectivity index (χ3v) is 4.30. The Bertz CT molecular complexity index is 772. The molecule has 5 nitrogen and oxygen atoms in total. The molecule has 0 spiro atoms. The fourth-order valence-corrected chi connectivity index (χ4v) is 3.00. The predicted octanol–water partition coefficient (Wildman–Crippen LogP) is 3.56.